The van der Waals surface area contributed by atoms with Crippen molar-refractivity contribution in [2.24, 2.45) is 17.8 Å². The van der Waals surface area contributed by atoms with Gasteiger partial charge in [-0.05, 0) is 30.6 Å². The first-order valence-corrected chi connectivity index (χ1v) is 11.3. The summed E-state index contributed by atoms with van der Waals surface area (Å²) in [6.07, 6.45) is 3.08. The van der Waals surface area contributed by atoms with Crippen LogP contribution in [0.4, 0.5) is 0 Å². The number of carbonyl (C=O) groups is 1. The molecule has 0 aliphatic heterocycles. The second-order valence-corrected chi connectivity index (χ2v) is 9.18. The van der Waals surface area contributed by atoms with Crippen LogP contribution >= 0.6 is 11.8 Å². The lowest BCUT2D eigenvalue weighted by atomic mass is 9.75. The molecule has 1 aromatic heterocycles. The van der Waals surface area contributed by atoms with Gasteiger partial charge < -0.3 is 9.72 Å². The van der Waals surface area contributed by atoms with Gasteiger partial charge in [-0.3, -0.25) is 9.59 Å². The molecule has 6 nitrogen and oxygen atoms in total. The number of thioether (sulfide) groups is 1. The lowest BCUT2D eigenvalue weighted by Gasteiger charge is -2.36. The molecule has 0 saturated heterocycles. The zero-order valence-electron chi connectivity index (χ0n) is 17.6. The lowest BCUT2D eigenvalue weighted by molar-refractivity contribution is -0.152. The second kappa shape index (κ2) is 9.94. The monoisotopic (exact) mass is 425 g/mol. The van der Waals surface area contributed by atoms with E-state index in [1.807, 2.05) is 24.3 Å². The first-order valence-electron chi connectivity index (χ1n) is 10.3. The van der Waals surface area contributed by atoms with Crippen LogP contribution in [0.3, 0.4) is 0 Å². The summed E-state index contributed by atoms with van der Waals surface area (Å²) in [6, 6.07) is 11.0. The number of hydrogen-bond donors (Lipinski definition) is 1. The fourth-order valence-corrected chi connectivity index (χ4v) is 4.65. The van der Waals surface area contributed by atoms with Crippen LogP contribution < -0.4 is 5.56 Å². The minimum atomic E-state index is -0.511. The van der Waals surface area contributed by atoms with Crippen LogP contribution in [-0.4, -0.2) is 27.8 Å². The quantitative estimate of drug-likeness (QED) is 0.418. The maximum Gasteiger partial charge on any atom is 0.316 e. The zero-order chi connectivity index (χ0) is 21.7. The van der Waals surface area contributed by atoms with Gasteiger partial charge in [-0.15, -0.1) is 0 Å². The van der Waals surface area contributed by atoms with Crippen molar-refractivity contribution in [2.45, 2.75) is 51.3 Å². The molecule has 1 fully saturated rings. The predicted molar refractivity (Wildman–Crippen MR) is 117 cm³/mol. The molecule has 1 saturated carbocycles. The molecule has 1 N–H and O–H groups in total. The average Bonchev–Trinajstić information content (AvgIpc) is 2.72. The van der Waals surface area contributed by atoms with Crippen LogP contribution in [0, 0.1) is 29.1 Å². The van der Waals surface area contributed by atoms with Crippen LogP contribution in [0.5, 0.6) is 0 Å². The van der Waals surface area contributed by atoms with Gasteiger partial charge >= 0.3 is 5.97 Å². The van der Waals surface area contributed by atoms with E-state index in [1.54, 1.807) is 12.1 Å². The number of rotatable bonds is 6. The number of ether oxygens (including phenoxy) is 1. The highest BCUT2D eigenvalue weighted by Crippen LogP contribution is 2.35. The van der Waals surface area contributed by atoms with E-state index in [0.29, 0.717) is 34.2 Å². The summed E-state index contributed by atoms with van der Waals surface area (Å²) >= 11 is 1.12. The topological polar surface area (TPSA) is 95.8 Å². The normalized spacial score (nSPS) is 21.2. The average molecular weight is 426 g/mol. The van der Waals surface area contributed by atoms with Gasteiger partial charge in [0.1, 0.15) is 17.7 Å². The number of H-pyrrole nitrogens is 1. The Kier molecular flexibility index (Phi) is 7.33. The summed E-state index contributed by atoms with van der Waals surface area (Å²) in [7, 11) is 0. The smallest absolute Gasteiger partial charge is 0.316 e. The molecule has 158 valence electrons. The summed E-state index contributed by atoms with van der Waals surface area (Å²) in [5.41, 5.74) is 0.450. The number of hydrogen-bond acceptors (Lipinski definition) is 6. The summed E-state index contributed by atoms with van der Waals surface area (Å²) in [6.45, 7) is 6.54. The van der Waals surface area contributed by atoms with Crippen LogP contribution in [0.25, 0.3) is 11.3 Å². The van der Waals surface area contributed by atoms with Crippen molar-refractivity contribution >= 4 is 17.7 Å². The van der Waals surface area contributed by atoms with Crippen molar-refractivity contribution in [3.05, 3.63) is 46.2 Å². The summed E-state index contributed by atoms with van der Waals surface area (Å²) in [5.74, 6) is 1.15. The fourth-order valence-electron chi connectivity index (χ4n) is 4.01. The lowest BCUT2D eigenvalue weighted by Crippen LogP contribution is -2.36. The van der Waals surface area contributed by atoms with Gasteiger partial charge in [0.05, 0.1) is 11.4 Å². The van der Waals surface area contributed by atoms with E-state index in [0.717, 1.165) is 24.6 Å². The molecule has 0 bridgehead atoms. The third-order valence-electron chi connectivity index (χ3n) is 5.63. The SMILES string of the molecule is CC(C)[C@@H]1CC[C@@H](C)C[C@H]1OC(=O)CSc1nc(-c2ccccc2)c(C#N)c(=O)[nH]1. The number of nitriles is 1. The van der Waals surface area contributed by atoms with E-state index in [1.165, 1.54) is 6.42 Å². The predicted octanol–water partition coefficient (Wildman–Crippen LogP) is 4.40. The molecule has 3 rings (SSSR count). The maximum absolute atomic E-state index is 12.5. The van der Waals surface area contributed by atoms with Crippen molar-refractivity contribution in [3.63, 3.8) is 0 Å². The highest BCUT2D eigenvalue weighted by Gasteiger charge is 2.33. The summed E-state index contributed by atoms with van der Waals surface area (Å²) in [5, 5.41) is 9.65. The third kappa shape index (κ3) is 5.31. The van der Waals surface area contributed by atoms with Crippen LogP contribution in [0.15, 0.2) is 40.3 Å². The first kappa shape index (κ1) is 22.1. The molecule has 2 aromatic rings. The van der Waals surface area contributed by atoms with E-state index < -0.39 is 5.56 Å². The summed E-state index contributed by atoms with van der Waals surface area (Å²) in [4.78, 5) is 31.9. The molecule has 0 unspecified atom stereocenters. The Labute approximate surface area is 181 Å². The number of esters is 1. The van der Waals surface area contributed by atoms with Gasteiger partial charge in [0.2, 0.25) is 0 Å². The Bertz CT molecular complexity index is 981. The highest BCUT2D eigenvalue weighted by atomic mass is 32.2. The minimum Gasteiger partial charge on any atom is -0.461 e. The first-order chi connectivity index (χ1) is 14.4. The zero-order valence-corrected chi connectivity index (χ0v) is 18.4. The molecule has 1 heterocycles. The van der Waals surface area contributed by atoms with E-state index in [-0.39, 0.29) is 23.4 Å². The Hall–Kier alpha value is -2.59. The number of carbonyl (C=O) groups excluding carboxylic acids is 1. The second-order valence-electron chi connectivity index (χ2n) is 8.22. The Morgan fingerprint density at radius 1 is 1.33 bits per heavy atom. The molecule has 0 amide bonds. The molecule has 0 spiro atoms. The molecule has 1 aliphatic rings. The van der Waals surface area contributed by atoms with Gasteiger partial charge in [-0.25, -0.2) is 4.98 Å². The van der Waals surface area contributed by atoms with Gasteiger partial charge in [-0.1, -0.05) is 69.3 Å². The largest absolute Gasteiger partial charge is 0.461 e. The fraction of sp³-hybridized carbons (Fsp3) is 0.478. The van der Waals surface area contributed by atoms with Crippen molar-refractivity contribution in [3.8, 4) is 17.3 Å². The van der Waals surface area contributed by atoms with Crippen molar-refractivity contribution in [2.75, 3.05) is 5.75 Å². The maximum atomic E-state index is 12.5. The van der Waals surface area contributed by atoms with Crippen LogP contribution in [0.2, 0.25) is 0 Å². The minimum absolute atomic E-state index is 0.0379. The van der Waals surface area contributed by atoms with Crippen molar-refractivity contribution in [1.29, 1.82) is 5.26 Å². The molecule has 0 radical (unpaired) electrons. The van der Waals surface area contributed by atoms with Gasteiger partial charge in [0, 0.05) is 5.56 Å². The Balaban J connectivity index is 1.71. The standard InChI is InChI=1S/C23H27N3O3S/c1-14(2)17-10-9-15(3)11-19(17)29-20(27)13-30-23-25-21(16-7-5-4-6-8-16)18(12-24)22(28)26-23/h4-8,14-15,17,19H,9-11,13H2,1-3H3,(H,25,26,28)/t15-,17+,19-/m1/s1. The Morgan fingerprint density at radius 2 is 2.07 bits per heavy atom. The number of aromatic amines is 1. The molecule has 3 atom stereocenters. The summed E-state index contributed by atoms with van der Waals surface area (Å²) < 4.78 is 5.82. The van der Waals surface area contributed by atoms with Gasteiger partial charge in [-0.2, -0.15) is 5.26 Å². The molecule has 30 heavy (non-hydrogen) atoms. The van der Waals surface area contributed by atoms with E-state index in [4.69, 9.17) is 4.74 Å². The molecule has 1 aromatic carbocycles. The van der Waals surface area contributed by atoms with Crippen molar-refractivity contribution < 1.29 is 9.53 Å². The number of aromatic nitrogens is 2. The van der Waals surface area contributed by atoms with Crippen LogP contribution in [0.1, 0.15) is 45.6 Å². The number of benzene rings is 1. The van der Waals surface area contributed by atoms with Crippen molar-refractivity contribution in [1.82, 2.24) is 9.97 Å². The Morgan fingerprint density at radius 3 is 2.73 bits per heavy atom. The molecular formula is C23H27N3O3S. The van der Waals surface area contributed by atoms with Gasteiger partial charge in [0.25, 0.3) is 5.56 Å². The number of nitrogens with zero attached hydrogens (tertiary/aromatic N) is 2. The highest BCUT2D eigenvalue weighted by molar-refractivity contribution is 7.99. The molecular weight excluding hydrogens is 398 g/mol. The molecule has 1 aliphatic carbocycles. The van der Waals surface area contributed by atoms with E-state index in [2.05, 4.69) is 30.7 Å². The third-order valence-corrected chi connectivity index (χ3v) is 6.47. The molecule has 7 heteroatoms. The van der Waals surface area contributed by atoms with E-state index in [9.17, 15) is 14.9 Å². The number of nitrogens with one attached hydrogen (secondary N) is 1. The van der Waals surface area contributed by atoms with Crippen LogP contribution in [-0.2, 0) is 9.53 Å². The van der Waals surface area contributed by atoms with E-state index >= 15 is 0 Å². The van der Waals surface area contributed by atoms with Gasteiger partial charge in [0.15, 0.2) is 5.16 Å².